The van der Waals surface area contributed by atoms with Gasteiger partial charge in [-0.1, -0.05) is 45.0 Å². The van der Waals surface area contributed by atoms with Crippen molar-refractivity contribution in [2.75, 3.05) is 19.6 Å². The van der Waals surface area contributed by atoms with Gasteiger partial charge in [0.1, 0.15) is 0 Å². The summed E-state index contributed by atoms with van der Waals surface area (Å²) in [6.07, 6.45) is 2.56. The van der Waals surface area contributed by atoms with Crippen LogP contribution in [0.3, 0.4) is 0 Å². The van der Waals surface area contributed by atoms with Crippen molar-refractivity contribution >= 4 is 0 Å². The van der Waals surface area contributed by atoms with Crippen molar-refractivity contribution in [2.24, 2.45) is 11.7 Å². The highest BCUT2D eigenvalue weighted by Crippen LogP contribution is 2.33. The first kappa shape index (κ1) is 17.5. The lowest BCUT2D eigenvalue weighted by atomic mass is 9.78. The van der Waals surface area contributed by atoms with E-state index in [1.54, 1.807) is 0 Å². The quantitative estimate of drug-likeness (QED) is 0.905. The Kier molecular flexibility index (Phi) is 5.68. The third kappa shape index (κ3) is 4.11. The number of hydrogen-bond donors (Lipinski definition) is 1. The van der Waals surface area contributed by atoms with Crippen LogP contribution in [0.15, 0.2) is 24.3 Å². The Balaban J connectivity index is 2.06. The number of nitrogens with two attached hydrogens (primary N) is 1. The highest BCUT2D eigenvalue weighted by Gasteiger charge is 2.27. The number of hydrogen-bond acceptors (Lipinski definition) is 2. The molecule has 1 atom stereocenters. The summed E-state index contributed by atoms with van der Waals surface area (Å²) < 4.78 is 0. The topological polar surface area (TPSA) is 29.3 Å². The van der Waals surface area contributed by atoms with Crippen molar-refractivity contribution in [1.82, 2.24) is 4.90 Å². The van der Waals surface area contributed by atoms with Crippen molar-refractivity contribution in [1.29, 1.82) is 0 Å². The largest absolute Gasteiger partial charge is 0.330 e. The van der Waals surface area contributed by atoms with E-state index in [0.29, 0.717) is 12.0 Å². The fraction of sp³-hybridized carbons (Fsp3) is 0.700. The minimum absolute atomic E-state index is 0.222. The van der Waals surface area contributed by atoms with Crippen LogP contribution in [0.2, 0.25) is 0 Å². The van der Waals surface area contributed by atoms with Gasteiger partial charge in [0.2, 0.25) is 0 Å². The average molecular weight is 303 g/mol. The SMILES string of the molecule is CC(C)N1CCC(C(CN)c2ccc(C(C)(C)C)cc2)CC1. The second kappa shape index (κ2) is 7.14. The summed E-state index contributed by atoms with van der Waals surface area (Å²) in [5.41, 5.74) is 9.20. The molecule has 124 valence electrons. The highest BCUT2D eigenvalue weighted by atomic mass is 15.1. The Morgan fingerprint density at radius 3 is 2.05 bits per heavy atom. The van der Waals surface area contributed by atoms with Crippen molar-refractivity contribution in [3.63, 3.8) is 0 Å². The fourth-order valence-corrected chi connectivity index (χ4v) is 3.67. The van der Waals surface area contributed by atoms with Gasteiger partial charge in [-0.2, -0.15) is 0 Å². The molecule has 0 radical (unpaired) electrons. The highest BCUT2D eigenvalue weighted by molar-refractivity contribution is 5.30. The normalized spacial score (nSPS) is 19.6. The average Bonchev–Trinajstić information content (AvgIpc) is 2.48. The van der Waals surface area contributed by atoms with Crippen LogP contribution < -0.4 is 5.73 Å². The van der Waals surface area contributed by atoms with Gasteiger partial charge < -0.3 is 10.6 Å². The molecule has 1 aliphatic heterocycles. The molecule has 0 aromatic heterocycles. The molecule has 2 rings (SSSR count). The van der Waals surface area contributed by atoms with Crippen LogP contribution in [0, 0.1) is 5.92 Å². The van der Waals surface area contributed by atoms with Gasteiger partial charge >= 0.3 is 0 Å². The van der Waals surface area contributed by atoms with Gasteiger partial charge in [-0.15, -0.1) is 0 Å². The molecule has 1 aliphatic rings. The van der Waals surface area contributed by atoms with E-state index >= 15 is 0 Å². The molecule has 0 saturated carbocycles. The summed E-state index contributed by atoms with van der Waals surface area (Å²) >= 11 is 0. The summed E-state index contributed by atoms with van der Waals surface area (Å²) in [5.74, 6) is 1.25. The monoisotopic (exact) mass is 302 g/mol. The minimum Gasteiger partial charge on any atom is -0.330 e. The van der Waals surface area contributed by atoms with Crippen LogP contribution in [0.1, 0.15) is 64.5 Å². The third-order valence-corrected chi connectivity index (χ3v) is 5.33. The summed E-state index contributed by atoms with van der Waals surface area (Å²) in [7, 11) is 0. The van der Waals surface area contributed by atoms with E-state index in [1.807, 2.05) is 0 Å². The molecule has 2 heteroatoms. The number of benzene rings is 1. The smallest absolute Gasteiger partial charge is 0.00385 e. The summed E-state index contributed by atoms with van der Waals surface area (Å²) in [5, 5.41) is 0. The molecule has 2 nitrogen and oxygen atoms in total. The van der Waals surface area contributed by atoms with E-state index in [-0.39, 0.29) is 5.41 Å². The number of likely N-dealkylation sites (tertiary alicyclic amines) is 1. The first-order valence-electron chi connectivity index (χ1n) is 8.87. The molecule has 1 unspecified atom stereocenters. The first-order chi connectivity index (χ1) is 10.3. The Morgan fingerprint density at radius 2 is 1.64 bits per heavy atom. The summed E-state index contributed by atoms with van der Waals surface area (Å²) in [6, 6.07) is 9.88. The molecule has 2 N–H and O–H groups in total. The zero-order chi connectivity index (χ0) is 16.3. The van der Waals surface area contributed by atoms with E-state index in [4.69, 9.17) is 5.73 Å². The second-order valence-electron chi connectivity index (χ2n) is 8.18. The Bertz CT molecular complexity index is 448. The maximum atomic E-state index is 6.14. The standard InChI is InChI=1S/C20H34N2/c1-15(2)22-12-10-17(11-13-22)19(14-21)16-6-8-18(9-7-16)20(3,4)5/h6-9,15,17,19H,10-14,21H2,1-5H3. The maximum Gasteiger partial charge on any atom is 0.00385 e. The van der Waals surface area contributed by atoms with Crippen LogP contribution in [-0.2, 0) is 5.41 Å². The first-order valence-corrected chi connectivity index (χ1v) is 8.87. The summed E-state index contributed by atoms with van der Waals surface area (Å²) in [4.78, 5) is 2.59. The molecule has 22 heavy (non-hydrogen) atoms. The molecule has 1 aromatic rings. The number of rotatable bonds is 4. The molecule has 0 spiro atoms. The van der Waals surface area contributed by atoms with E-state index in [0.717, 1.165) is 12.5 Å². The predicted molar refractivity (Wildman–Crippen MR) is 96.4 cm³/mol. The minimum atomic E-state index is 0.222. The number of nitrogens with zero attached hydrogens (tertiary/aromatic N) is 1. The maximum absolute atomic E-state index is 6.14. The van der Waals surface area contributed by atoms with Gasteiger partial charge in [-0.3, -0.25) is 0 Å². The Hall–Kier alpha value is -0.860. The van der Waals surface area contributed by atoms with Crippen LogP contribution in [0.5, 0.6) is 0 Å². The lowest BCUT2D eigenvalue weighted by Gasteiger charge is -2.38. The Labute approximate surface area is 137 Å². The van der Waals surface area contributed by atoms with Gasteiger partial charge in [0, 0.05) is 6.04 Å². The van der Waals surface area contributed by atoms with E-state index in [1.165, 1.54) is 37.1 Å². The molecule has 1 aromatic carbocycles. The third-order valence-electron chi connectivity index (χ3n) is 5.33. The van der Waals surface area contributed by atoms with Gasteiger partial charge in [-0.25, -0.2) is 0 Å². The molecule has 1 heterocycles. The summed E-state index contributed by atoms with van der Waals surface area (Å²) in [6.45, 7) is 14.6. The van der Waals surface area contributed by atoms with Crippen LogP contribution >= 0.6 is 0 Å². The van der Waals surface area contributed by atoms with Crippen molar-refractivity contribution in [3.05, 3.63) is 35.4 Å². The van der Waals surface area contributed by atoms with Gasteiger partial charge in [0.15, 0.2) is 0 Å². The molecule has 1 fully saturated rings. The van der Waals surface area contributed by atoms with E-state index in [2.05, 4.69) is 63.8 Å². The molecule has 0 bridgehead atoms. The van der Waals surface area contributed by atoms with Crippen molar-refractivity contribution < 1.29 is 0 Å². The molecule has 0 aliphatic carbocycles. The van der Waals surface area contributed by atoms with Crippen molar-refractivity contribution in [2.45, 2.75) is 64.8 Å². The molecule has 0 amide bonds. The lowest BCUT2D eigenvalue weighted by Crippen LogP contribution is -2.40. The lowest BCUT2D eigenvalue weighted by molar-refractivity contribution is 0.138. The van der Waals surface area contributed by atoms with E-state index < -0.39 is 0 Å². The Morgan fingerprint density at radius 1 is 1.09 bits per heavy atom. The zero-order valence-corrected chi connectivity index (χ0v) is 15.1. The second-order valence-corrected chi connectivity index (χ2v) is 8.18. The predicted octanol–water partition coefficient (Wildman–Crippen LogP) is 4.15. The number of piperidine rings is 1. The fourth-order valence-electron chi connectivity index (χ4n) is 3.67. The molecular weight excluding hydrogens is 268 g/mol. The van der Waals surface area contributed by atoms with Crippen LogP contribution in [-0.4, -0.2) is 30.6 Å². The van der Waals surface area contributed by atoms with Crippen molar-refractivity contribution in [3.8, 4) is 0 Å². The van der Waals surface area contributed by atoms with Gasteiger partial charge in [-0.05, 0) is 74.7 Å². The molecular formula is C20H34N2. The molecule has 1 saturated heterocycles. The van der Waals surface area contributed by atoms with E-state index in [9.17, 15) is 0 Å². The zero-order valence-electron chi connectivity index (χ0n) is 15.1. The van der Waals surface area contributed by atoms with Crippen LogP contribution in [0.25, 0.3) is 0 Å². The van der Waals surface area contributed by atoms with Crippen LogP contribution in [0.4, 0.5) is 0 Å². The van der Waals surface area contributed by atoms with Gasteiger partial charge in [0.05, 0.1) is 0 Å². The van der Waals surface area contributed by atoms with Gasteiger partial charge in [0.25, 0.3) is 0 Å².